The van der Waals surface area contributed by atoms with Crippen LogP contribution in [0.1, 0.15) is 45.4 Å². The molecule has 2 aliphatic rings. The molecule has 0 aliphatic carbocycles. The number of hydrogen-bond acceptors (Lipinski definition) is 3. The standard InChI is InChI=1S/C15H27N3/c1-2-3-4-8-17-9-6-15(7-10-17)18-11-5-14(12-16)13-18/h14-15H,2-11,13H2,1H3. The average molecular weight is 249 g/mol. The lowest BCUT2D eigenvalue weighted by atomic mass is 10.0. The molecule has 2 fully saturated rings. The third-order valence-corrected chi connectivity index (χ3v) is 4.55. The normalized spacial score (nSPS) is 27.4. The van der Waals surface area contributed by atoms with E-state index in [2.05, 4.69) is 22.8 Å². The number of likely N-dealkylation sites (tertiary alicyclic amines) is 2. The quantitative estimate of drug-likeness (QED) is 0.701. The minimum absolute atomic E-state index is 0.299. The summed E-state index contributed by atoms with van der Waals surface area (Å²) >= 11 is 0. The second kappa shape index (κ2) is 7.11. The summed E-state index contributed by atoms with van der Waals surface area (Å²) in [5, 5.41) is 8.96. The fourth-order valence-electron chi connectivity index (χ4n) is 3.32. The van der Waals surface area contributed by atoms with Gasteiger partial charge in [0.25, 0.3) is 0 Å². The third-order valence-electron chi connectivity index (χ3n) is 4.55. The Bertz CT molecular complexity index is 276. The summed E-state index contributed by atoms with van der Waals surface area (Å²) in [6.07, 6.45) is 7.76. The predicted octanol–water partition coefficient (Wildman–Crippen LogP) is 2.49. The number of hydrogen-bond donors (Lipinski definition) is 0. The van der Waals surface area contributed by atoms with E-state index in [4.69, 9.17) is 5.26 Å². The van der Waals surface area contributed by atoms with E-state index in [0.29, 0.717) is 5.92 Å². The van der Waals surface area contributed by atoms with E-state index in [1.807, 2.05) is 0 Å². The van der Waals surface area contributed by atoms with Crippen LogP contribution in [0, 0.1) is 17.2 Å². The van der Waals surface area contributed by atoms with Gasteiger partial charge in [-0.05, 0) is 51.9 Å². The van der Waals surface area contributed by atoms with Crippen LogP contribution in [0.4, 0.5) is 0 Å². The molecule has 102 valence electrons. The van der Waals surface area contributed by atoms with Crippen molar-refractivity contribution in [1.82, 2.24) is 9.80 Å². The summed E-state index contributed by atoms with van der Waals surface area (Å²) in [5.41, 5.74) is 0. The van der Waals surface area contributed by atoms with Gasteiger partial charge in [0.1, 0.15) is 0 Å². The first-order valence-corrected chi connectivity index (χ1v) is 7.69. The topological polar surface area (TPSA) is 30.3 Å². The molecule has 0 aromatic carbocycles. The van der Waals surface area contributed by atoms with E-state index in [-0.39, 0.29) is 0 Å². The zero-order valence-electron chi connectivity index (χ0n) is 11.8. The smallest absolute Gasteiger partial charge is 0.0669 e. The summed E-state index contributed by atoms with van der Waals surface area (Å²) in [7, 11) is 0. The van der Waals surface area contributed by atoms with Crippen molar-refractivity contribution >= 4 is 0 Å². The third kappa shape index (κ3) is 3.70. The first kappa shape index (κ1) is 13.8. The highest BCUT2D eigenvalue weighted by Crippen LogP contribution is 2.24. The van der Waals surface area contributed by atoms with Crippen LogP contribution in [0.5, 0.6) is 0 Å². The second-order valence-electron chi connectivity index (χ2n) is 5.89. The van der Waals surface area contributed by atoms with Crippen molar-refractivity contribution in [3.05, 3.63) is 0 Å². The molecule has 2 heterocycles. The van der Waals surface area contributed by atoms with Crippen molar-refractivity contribution in [3.8, 4) is 6.07 Å². The molecule has 18 heavy (non-hydrogen) atoms. The van der Waals surface area contributed by atoms with Crippen molar-refractivity contribution in [2.24, 2.45) is 5.92 Å². The molecule has 3 heteroatoms. The molecule has 0 aromatic rings. The van der Waals surface area contributed by atoms with E-state index in [1.54, 1.807) is 0 Å². The van der Waals surface area contributed by atoms with E-state index in [9.17, 15) is 0 Å². The maximum absolute atomic E-state index is 8.96. The van der Waals surface area contributed by atoms with Gasteiger partial charge in [-0.15, -0.1) is 0 Å². The molecular formula is C15H27N3. The molecule has 3 nitrogen and oxygen atoms in total. The van der Waals surface area contributed by atoms with Gasteiger partial charge >= 0.3 is 0 Å². The molecule has 0 saturated carbocycles. The Morgan fingerprint density at radius 1 is 1.11 bits per heavy atom. The van der Waals surface area contributed by atoms with Crippen LogP contribution in [0.15, 0.2) is 0 Å². The van der Waals surface area contributed by atoms with Crippen LogP contribution in [-0.4, -0.2) is 48.6 Å². The van der Waals surface area contributed by atoms with E-state index in [1.165, 1.54) is 51.7 Å². The highest BCUT2D eigenvalue weighted by Gasteiger charge is 2.30. The van der Waals surface area contributed by atoms with Gasteiger partial charge in [-0.2, -0.15) is 5.26 Å². The Morgan fingerprint density at radius 2 is 1.89 bits per heavy atom. The summed E-state index contributed by atoms with van der Waals surface area (Å²) < 4.78 is 0. The van der Waals surface area contributed by atoms with Crippen LogP contribution in [-0.2, 0) is 0 Å². The maximum atomic E-state index is 8.96. The van der Waals surface area contributed by atoms with Crippen molar-refractivity contribution in [2.75, 3.05) is 32.7 Å². The van der Waals surface area contributed by atoms with Gasteiger partial charge in [0.05, 0.1) is 12.0 Å². The molecule has 0 bridgehead atoms. The molecule has 2 saturated heterocycles. The Morgan fingerprint density at radius 3 is 2.50 bits per heavy atom. The molecule has 2 aliphatic heterocycles. The molecular weight excluding hydrogens is 222 g/mol. The van der Waals surface area contributed by atoms with E-state index >= 15 is 0 Å². The molecule has 0 spiro atoms. The van der Waals surface area contributed by atoms with Gasteiger partial charge in [0, 0.05) is 12.6 Å². The molecule has 1 atom stereocenters. The number of rotatable bonds is 5. The van der Waals surface area contributed by atoms with Crippen molar-refractivity contribution in [1.29, 1.82) is 5.26 Å². The van der Waals surface area contributed by atoms with Crippen LogP contribution in [0.25, 0.3) is 0 Å². The molecule has 0 aromatic heterocycles. The summed E-state index contributed by atoms with van der Waals surface area (Å²) in [6, 6.07) is 3.18. The van der Waals surface area contributed by atoms with Gasteiger partial charge in [-0.25, -0.2) is 0 Å². The molecule has 0 amide bonds. The minimum Gasteiger partial charge on any atom is -0.303 e. The molecule has 1 unspecified atom stereocenters. The van der Waals surface area contributed by atoms with Gasteiger partial charge in [-0.3, -0.25) is 4.90 Å². The SMILES string of the molecule is CCCCCN1CCC(N2CCC(C#N)C2)CC1. The zero-order valence-corrected chi connectivity index (χ0v) is 11.8. The van der Waals surface area contributed by atoms with Crippen LogP contribution < -0.4 is 0 Å². The van der Waals surface area contributed by atoms with Gasteiger partial charge in [-0.1, -0.05) is 19.8 Å². The van der Waals surface area contributed by atoms with Crippen molar-refractivity contribution in [3.63, 3.8) is 0 Å². The lowest BCUT2D eigenvalue weighted by Crippen LogP contribution is -2.44. The van der Waals surface area contributed by atoms with E-state index < -0.39 is 0 Å². The highest BCUT2D eigenvalue weighted by atomic mass is 15.2. The number of piperidine rings is 1. The molecule has 0 radical (unpaired) electrons. The summed E-state index contributed by atoms with van der Waals surface area (Å²) in [6.45, 7) is 8.27. The van der Waals surface area contributed by atoms with Gasteiger partial charge in [0.2, 0.25) is 0 Å². The average Bonchev–Trinajstić information content (AvgIpc) is 2.89. The fourth-order valence-corrected chi connectivity index (χ4v) is 3.32. The summed E-state index contributed by atoms with van der Waals surface area (Å²) in [4.78, 5) is 5.20. The Kier molecular flexibility index (Phi) is 5.46. The van der Waals surface area contributed by atoms with Gasteiger partial charge in [0.15, 0.2) is 0 Å². The Labute approximate surface area is 112 Å². The monoisotopic (exact) mass is 249 g/mol. The van der Waals surface area contributed by atoms with E-state index in [0.717, 1.165) is 25.6 Å². The Hall–Kier alpha value is -0.590. The second-order valence-corrected chi connectivity index (χ2v) is 5.89. The molecule has 2 rings (SSSR count). The Balaban J connectivity index is 1.66. The summed E-state index contributed by atoms with van der Waals surface area (Å²) in [5.74, 6) is 0.299. The lowest BCUT2D eigenvalue weighted by Gasteiger charge is -2.36. The van der Waals surface area contributed by atoms with Crippen LogP contribution >= 0.6 is 0 Å². The largest absolute Gasteiger partial charge is 0.303 e. The van der Waals surface area contributed by atoms with Gasteiger partial charge < -0.3 is 4.90 Å². The molecule has 0 N–H and O–H groups in total. The number of nitriles is 1. The lowest BCUT2D eigenvalue weighted by molar-refractivity contribution is 0.124. The zero-order chi connectivity index (χ0) is 12.8. The first-order valence-electron chi connectivity index (χ1n) is 7.69. The predicted molar refractivity (Wildman–Crippen MR) is 74.3 cm³/mol. The first-order chi connectivity index (χ1) is 8.83. The van der Waals surface area contributed by atoms with Crippen molar-refractivity contribution < 1.29 is 0 Å². The minimum atomic E-state index is 0.299. The van der Waals surface area contributed by atoms with Crippen molar-refractivity contribution in [2.45, 2.75) is 51.5 Å². The number of nitrogens with zero attached hydrogens (tertiary/aromatic N) is 3. The van der Waals surface area contributed by atoms with Crippen LogP contribution in [0.2, 0.25) is 0 Å². The van der Waals surface area contributed by atoms with Crippen LogP contribution in [0.3, 0.4) is 0 Å². The number of unbranched alkanes of at least 4 members (excludes halogenated alkanes) is 2. The fraction of sp³-hybridized carbons (Fsp3) is 0.933. The highest BCUT2D eigenvalue weighted by molar-refractivity contribution is 4.93. The maximum Gasteiger partial charge on any atom is 0.0669 e.